The van der Waals surface area contributed by atoms with Gasteiger partial charge in [0.15, 0.2) is 5.75 Å². The molecule has 35 heavy (non-hydrogen) atoms. The summed E-state index contributed by atoms with van der Waals surface area (Å²) in [6, 6.07) is 14.2. The van der Waals surface area contributed by atoms with Crippen LogP contribution in [0, 0.1) is 10.1 Å². The molecular weight excluding hydrogens is 491 g/mol. The number of carbonyl (C=O) groups is 1. The average Bonchev–Trinajstić information content (AvgIpc) is 2.79. The monoisotopic (exact) mass is 507 g/mol. The lowest BCUT2D eigenvalue weighted by Crippen LogP contribution is -2.20. The average molecular weight is 507 g/mol. The molecule has 0 unspecified atom stereocenters. The molecule has 0 spiro atoms. The third kappa shape index (κ3) is 6.86. The Morgan fingerprint density at radius 3 is 2.40 bits per heavy atom. The first kappa shape index (κ1) is 25.4. The van der Waals surface area contributed by atoms with Gasteiger partial charge in [-0.25, -0.2) is 5.43 Å². The fraction of sp³-hybridized carbons (Fsp3) is 0.0909. The van der Waals surface area contributed by atoms with Gasteiger partial charge in [0, 0.05) is 17.7 Å². The van der Waals surface area contributed by atoms with Crippen molar-refractivity contribution in [3.63, 3.8) is 0 Å². The van der Waals surface area contributed by atoms with E-state index >= 15 is 0 Å². The number of nitro groups is 1. The lowest BCUT2D eigenvalue weighted by Gasteiger charge is -2.09. The van der Waals surface area contributed by atoms with E-state index in [0.29, 0.717) is 0 Å². The number of carbonyl (C=O) groups excluding carboxylic acids is 1. The highest BCUT2D eigenvalue weighted by Gasteiger charge is 2.30. The molecule has 13 heteroatoms. The molecule has 0 heterocycles. The molecule has 1 N–H and O–H groups in total. The summed E-state index contributed by atoms with van der Waals surface area (Å²) in [5.41, 5.74) is 1.27. The van der Waals surface area contributed by atoms with E-state index in [1.165, 1.54) is 30.3 Å². The number of halogens is 3. The Labute approximate surface area is 197 Å². The molecule has 0 radical (unpaired) electrons. The SMILES string of the molecule is O=C(Cc1cccc(C(F)(F)F)c1)N/N=C\c1ccccc1OS(=O)(=O)c1ccc([N+](=O)[O-])cc1. The van der Waals surface area contributed by atoms with E-state index in [4.69, 9.17) is 4.18 Å². The molecular formula is C22H16F3N3O6S. The van der Waals surface area contributed by atoms with E-state index in [9.17, 15) is 36.5 Å². The van der Waals surface area contributed by atoms with E-state index < -0.39 is 32.7 Å². The summed E-state index contributed by atoms with van der Waals surface area (Å²) in [6.07, 6.45) is -3.80. The number of nitro benzene ring substituents is 1. The molecule has 0 aromatic heterocycles. The van der Waals surface area contributed by atoms with Crippen LogP contribution in [0.2, 0.25) is 0 Å². The predicted octanol–water partition coefficient (Wildman–Crippen LogP) is 4.07. The van der Waals surface area contributed by atoms with Crippen LogP contribution in [0.5, 0.6) is 5.75 Å². The third-order valence-electron chi connectivity index (χ3n) is 4.47. The van der Waals surface area contributed by atoms with Crippen LogP contribution >= 0.6 is 0 Å². The van der Waals surface area contributed by atoms with Crippen LogP contribution in [0.1, 0.15) is 16.7 Å². The second-order valence-corrected chi connectivity index (χ2v) is 8.54. The second kappa shape index (κ2) is 10.3. The van der Waals surface area contributed by atoms with Crippen LogP contribution in [0.25, 0.3) is 0 Å². The number of nitrogens with zero attached hydrogens (tertiary/aromatic N) is 2. The molecule has 0 saturated carbocycles. The van der Waals surface area contributed by atoms with Crippen LogP contribution in [-0.2, 0) is 27.5 Å². The highest BCUT2D eigenvalue weighted by Crippen LogP contribution is 2.29. The lowest BCUT2D eigenvalue weighted by molar-refractivity contribution is -0.384. The van der Waals surface area contributed by atoms with Gasteiger partial charge in [-0.3, -0.25) is 14.9 Å². The van der Waals surface area contributed by atoms with Crippen molar-refractivity contribution in [3.05, 3.63) is 99.6 Å². The molecule has 0 aliphatic heterocycles. The molecule has 3 aromatic rings. The number of amides is 1. The molecule has 3 rings (SSSR count). The number of benzene rings is 3. The van der Waals surface area contributed by atoms with Gasteiger partial charge in [-0.1, -0.05) is 30.3 Å². The van der Waals surface area contributed by atoms with Crippen molar-refractivity contribution < 1.29 is 35.5 Å². The number of alkyl halides is 3. The molecule has 0 atom stereocenters. The van der Waals surface area contributed by atoms with Gasteiger partial charge in [0.1, 0.15) is 4.90 Å². The summed E-state index contributed by atoms with van der Waals surface area (Å²) >= 11 is 0. The molecule has 0 saturated heterocycles. The number of rotatable bonds is 8. The molecule has 1 amide bonds. The largest absolute Gasteiger partial charge is 0.416 e. The zero-order valence-corrected chi connectivity index (χ0v) is 18.4. The fourth-order valence-corrected chi connectivity index (χ4v) is 3.77. The Hall–Kier alpha value is -4.26. The summed E-state index contributed by atoms with van der Waals surface area (Å²) in [7, 11) is -4.34. The van der Waals surface area contributed by atoms with Crippen molar-refractivity contribution in [3.8, 4) is 5.75 Å². The van der Waals surface area contributed by atoms with Crippen LogP contribution in [0.3, 0.4) is 0 Å². The van der Waals surface area contributed by atoms with Crippen molar-refractivity contribution in [2.75, 3.05) is 0 Å². The van der Waals surface area contributed by atoms with E-state index in [2.05, 4.69) is 10.5 Å². The van der Waals surface area contributed by atoms with Crippen molar-refractivity contribution in [2.45, 2.75) is 17.5 Å². The zero-order chi connectivity index (χ0) is 25.6. The van der Waals surface area contributed by atoms with Gasteiger partial charge in [-0.15, -0.1) is 0 Å². The van der Waals surface area contributed by atoms with Gasteiger partial charge in [0.25, 0.3) is 5.69 Å². The Balaban J connectivity index is 1.68. The van der Waals surface area contributed by atoms with Gasteiger partial charge in [-0.05, 0) is 35.9 Å². The zero-order valence-electron chi connectivity index (χ0n) is 17.6. The third-order valence-corrected chi connectivity index (χ3v) is 5.72. The second-order valence-electron chi connectivity index (χ2n) is 6.99. The van der Waals surface area contributed by atoms with Gasteiger partial charge in [-0.2, -0.15) is 26.7 Å². The standard InChI is InChI=1S/C22H16F3N3O6S/c23-22(24,25)17-6-3-4-15(12-17)13-21(29)27-26-14-16-5-1-2-7-20(16)34-35(32,33)19-10-8-18(9-11-19)28(30)31/h1-12,14H,13H2,(H,27,29)/b26-14-. The Morgan fingerprint density at radius 1 is 1.06 bits per heavy atom. The van der Waals surface area contributed by atoms with Gasteiger partial charge in [0.2, 0.25) is 5.91 Å². The normalized spacial score (nSPS) is 11.9. The fourth-order valence-electron chi connectivity index (χ4n) is 2.82. The Morgan fingerprint density at radius 2 is 1.74 bits per heavy atom. The highest BCUT2D eigenvalue weighted by atomic mass is 32.2. The summed E-state index contributed by atoms with van der Waals surface area (Å²) in [6.45, 7) is 0. The lowest BCUT2D eigenvalue weighted by atomic mass is 10.1. The Bertz CT molecular complexity index is 1370. The number of hydrogen-bond acceptors (Lipinski definition) is 7. The molecule has 9 nitrogen and oxygen atoms in total. The maximum atomic E-state index is 12.8. The number of para-hydroxylation sites is 1. The predicted molar refractivity (Wildman–Crippen MR) is 118 cm³/mol. The van der Waals surface area contributed by atoms with Crippen LogP contribution in [0.4, 0.5) is 18.9 Å². The minimum Gasteiger partial charge on any atom is -0.378 e. The minimum atomic E-state index is -4.54. The summed E-state index contributed by atoms with van der Waals surface area (Å²) < 4.78 is 68.6. The maximum absolute atomic E-state index is 12.8. The minimum absolute atomic E-state index is 0.130. The van der Waals surface area contributed by atoms with Crippen LogP contribution in [0.15, 0.2) is 82.8 Å². The van der Waals surface area contributed by atoms with Crippen molar-refractivity contribution in [1.29, 1.82) is 0 Å². The van der Waals surface area contributed by atoms with Crippen LogP contribution in [-0.4, -0.2) is 25.5 Å². The van der Waals surface area contributed by atoms with E-state index in [-0.39, 0.29) is 33.9 Å². The first-order chi connectivity index (χ1) is 16.5. The molecule has 0 bridgehead atoms. The number of nitrogens with one attached hydrogen (secondary N) is 1. The molecule has 0 aliphatic rings. The first-order valence-electron chi connectivity index (χ1n) is 9.72. The summed E-state index contributed by atoms with van der Waals surface area (Å²) in [5, 5.41) is 14.4. The van der Waals surface area contributed by atoms with Crippen LogP contribution < -0.4 is 9.61 Å². The first-order valence-corrected chi connectivity index (χ1v) is 11.1. The quantitative estimate of drug-likeness (QED) is 0.212. The van der Waals surface area contributed by atoms with E-state index in [1.807, 2.05) is 0 Å². The van der Waals surface area contributed by atoms with Gasteiger partial charge in [0.05, 0.1) is 23.1 Å². The molecule has 0 fully saturated rings. The number of non-ortho nitro benzene ring substituents is 1. The van der Waals surface area contributed by atoms with Crippen molar-refractivity contribution in [2.24, 2.45) is 5.10 Å². The summed E-state index contributed by atoms with van der Waals surface area (Å²) in [4.78, 5) is 21.8. The highest BCUT2D eigenvalue weighted by molar-refractivity contribution is 7.87. The molecule has 3 aromatic carbocycles. The van der Waals surface area contributed by atoms with E-state index in [1.54, 1.807) is 6.07 Å². The maximum Gasteiger partial charge on any atom is 0.416 e. The summed E-state index contributed by atoms with van der Waals surface area (Å²) in [5.74, 6) is -0.834. The van der Waals surface area contributed by atoms with Gasteiger partial charge < -0.3 is 4.18 Å². The number of hydrazone groups is 1. The van der Waals surface area contributed by atoms with Crippen molar-refractivity contribution >= 4 is 27.9 Å². The Kier molecular flexibility index (Phi) is 7.49. The molecule has 0 aliphatic carbocycles. The van der Waals surface area contributed by atoms with E-state index in [0.717, 1.165) is 42.6 Å². The molecule has 182 valence electrons. The number of hydrogen-bond donors (Lipinski definition) is 1. The topological polar surface area (TPSA) is 128 Å². The smallest absolute Gasteiger partial charge is 0.378 e. The van der Waals surface area contributed by atoms with Crippen molar-refractivity contribution in [1.82, 2.24) is 5.43 Å². The van der Waals surface area contributed by atoms with Gasteiger partial charge >= 0.3 is 16.3 Å².